The lowest BCUT2D eigenvalue weighted by Crippen LogP contribution is -2.51. The second-order valence-electron chi connectivity index (χ2n) is 10.7. The molecule has 0 aliphatic carbocycles. The summed E-state index contributed by atoms with van der Waals surface area (Å²) in [7, 11) is 0. The Morgan fingerprint density at radius 2 is 1.85 bits per heavy atom. The Balaban J connectivity index is 1.53. The molecule has 212 valence electrons. The number of nitrogens with two attached hydrogens (primary N) is 1. The average Bonchev–Trinajstić information content (AvgIpc) is 3.24. The molecule has 4 rings (SSSR count). The van der Waals surface area contributed by atoms with Crippen molar-refractivity contribution in [2.75, 3.05) is 19.7 Å². The van der Waals surface area contributed by atoms with Gasteiger partial charge in [-0.25, -0.2) is 14.8 Å². The van der Waals surface area contributed by atoms with Gasteiger partial charge >= 0.3 is 11.8 Å². The van der Waals surface area contributed by atoms with Crippen LogP contribution in [0.3, 0.4) is 0 Å². The van der Waals surface area contributed by atoms with Crippen LogP contribution in [0.2, 0.25) is 0 Å². The second-order valence-corrected chi connectivity index (χ2v) is 10.7. The van der Waals surface area contributed by atoms with Gasteiger partial charge in [0, 0.05) is 49.2 Å². The summed E-state index contributed by atoms with van der Waals surface area (Å²) >= 11 is 0. The van der Waals surface area contributed by atoms with Crippen LogP contribution in [0.25, 0.3) is 22.6 Å². The van der Waals surface area contributed by atoms with E-state index < -0.39 is 16.4 Å². The van der Waals surface area contributed by atoms with Crippen LogP contribution >= 0.6 is 0 Å². The fraction of sp³-hybridized carbons (Fsp3) is 0.444. The lowest BCUT2D eigenvalue weighted by molar-refractivity contribution is -0.385. The molecule has 2 N–H and O–H groups in total. The van der Waals surface area contributed by atoms with Crippen molar-refractivity contribution in [1.82, 2.24) is 24.6 Å². The van der Waals surface area contributed by atoms with E-state index in [1.165, 1.54) is 24.5 Å². The van der Waals surface area contributed by atoms with Crippen LogP contribution in [-0.4, -0.2) is 66.9 Å². The molecule has 3 aromatic rings. The van der Waals surface area contributed by atoms with Crippen LogP contribution < -0.4 is 10.5 Å². The molecule has 13 heteroatoms. The molecule has 0 radical (unpaired) electrons. The molecular formula is C27H33N7O6. The van der Waals surface area contributed by atoms with Crippen LogP contribution in [0.4, 0.5) is 10.5 Å². The van der Waals surface area contributed by atoms with Gasteiger partial charge in [-0.15, -0.1) is 0 Å². The van der Waals surface area contributed by atoms with E-state index in [2.05, 4.69) is 15.1 Å². The maximum atomic E-state index is 12.2. The van der Waals surface area contributed by atoms with E-state index in [9.17, 15) is 19.7 Å². The number of amides is 2. The lowest BCUT2D eigenvalue weighted by Gasteiger charge is -2.39. The number of nitrogens with zero attached hydrogens (tertiary/aromatic N) is 6. The fourth-order valence-electron chi connectivity index (χ4n) is 4.40. The molecule has 13 nitrogen and oxygen atoms in total. The Hall–Kier alpha value is -4.55. The molecule has 1 aliphatic heterocycles. The van der Waals surface area contributed by atoms with Gasteiger partial charge in [-0.3, -0.25) is 19.6 Å². The van der Waals surface area contributed by atoms with E-state index in [0.717, 1.165) is 11.4 Å². The van der Waals surface area contributed by atoms with Crippen molar-refractivity contribution in [1.29, 1.82) is 0 Å². The van der Waals surface area contributed by atoms with Gasteiger partial charge in [0.25, 0.3) is 0 Å². The largest absolute Gasteiger partial charge is 0.487 e. The first kappa shape index (κ1) is 28.5. The van der Waals surface area contributed by atoms with Gasteiger partial charge in [-0.1, -0.05) is 0 Å². The van der Waals surface area contributed by atoms with Crippen molar-refractivity contribution in [2.45, 2.75) is 53.2 Å². The number of hydrogen-bond donors (Lipinski definition) is 1. The molecule has 0 unspecified atom stereocenters. The summed E-state index contributed by atoms with van der Waals surface area (Å²) in [5.41, 5.74) is 6.67. The van der Waals surface area contributed by atoms with E-state index in [0.29, 0.717) is 37.4 Å². The molecule has 1 aromatic carbocycles. The first-order valence-corrected chi connectivity index (χ1v) is 13.0. The summed E-state index contributed by atoms with van der Waals surface area (Å²) in [4.78, 5) is 46.2. The zero-order chi connectivity index (χ0) is 29.2. The number of benzene rings is 1. The third-order valence-corrected chi connectivity index (χ3v) is 6.33. The van der Waals surface area contributed by atoms with E-state index in [-0.39, 0.29) is 41.2 Å². The van der Waals surface area contributed by atoms with Crippen LogP contribution in [0.1, 0.15) is 50.2 Å². The number of rotatable bonds is 9. The monoisotopic (exact) mass is 551 g/mol. The molecule has 0 bridgehead atoms. The minimum atomic E-state index is -0.757. The number of hydrogen-bond acceptors (Lipinski definition) is 9. The SMILES string of the molecule is CCn1nc(C)cc1-c1ncc(-c2cc(C(N)=O)cc(OCCC3CN(C(=O)OC(C)(C)C)C3)c2[N+](=O)[O-])cn1. The van der Waals surface area contributed by atoms with Gasteiger partial charge < -0.3 is 20.1 Å². The number of carbonyl (C=O) groups is 2. The van der Waals surface area contributed by atoms with E-state index in [4.69, 9.17) is 15.2 Å². The quantitative estimate of drug-likeness (QED) is 0.305. The first-order valence-electron chi connectivity index (χ1n) is 13.0. The maximum absolute atomic E-state index is 12.2. The summed E-state index contributed by atoms with van der Waals surface area (Å²) in [5, 5.41) is 16.6. The molecule has 2 amide bonds. The van der Waals surface area contributed by atoms with E-state index in [1.807, 2.05) is 19.9 Å². The summed E-state index contributed by atoms with van der Waals surface area (Å²) in [6.07, 6.45) is 3.10. The van der Waals surface area contributed by atoms with Gasteiger partial charge in [0.05, 0.1) is 22.8 Å². The minimum absolute atomic E-state index is 0.0547. The Labute approximate surface area is 231 Å². The Morgan fingerprint density at radius 1 is 1.18 bits per heavy atom. The summed E-state index contributed by atoms with van der Waals surface area (Å²) in [6, 6.07) is 4.47. The predicted molar refractivity (Wildman–Crippen MR) is 146 cm³/mol. The van der Waals surface area contributed by atoms with Crippen LogP contribution in [0, 0.1) is 23.0 Å². The normalized spacial score (nSPS) is 13.6. The van der Waals surface area contributed by atoms with Crippen LogP contribution in [-0.2, 0) is 11.3 Å². The van der Waals surface area contributed by atoms with Gasteiger partial charge in [0.15, 0.2) is 11.6 Å². The highest BCUT2D eigenvalue weighted by Gasteiger charge is 2.34. The van der Waals surface area contributed by atoms with Crippen LogP contribution in [0.15, 0.2) is 30.6 Å². The Morgan fingerprint density at radius 3 is 2.42 bits per heavy atom. The molecule has 3 heterocycles. The third-order valence-electron chi connectivity index (χ3n) is 6.33. The number of carbonyl (C=O) groups excluding carboxylic acids is 2. The third kappa shape index (κ3) is 6.35. The maximum Gasteiger partial charge on any atom is 0.410 e. The van der Waals surface area contributed by atoms with Gasteiger partial charge in [-0.2, -0.15) is 5.10 Å². The molecule has 0 atom stereocenters. The number of aryl methyl sites for hydroxylation is 2. The van der Waals surface area contributed by atoms with Crippen molar-refractivity contribution in [3.8, 4) is 28.4 Å². The van der Waals surface area contributed by atoms with Crippen molar-refractivity contribution >= 4 is 17.7 Å². The lowest BCUT2D eigenvalue weighted by atomic mass is 9.97. The summed E-state index contributed by atoms with van der Waals surface area (Å²) in [6.45, 7) is 11.0. The van der Waals surface area contributed by atoms with Gasteiger partial charge in [0.1, 0.15) is 11.3 Å². The van der Waals surface area contributed by atoms with Crippen LogP contribution in [0.5, 0.6) is 5.75 Å². The fourth-order valence-corrected chi connectivity index (χ4v) is 4.40. The molecular weight excluding hydrogens is 518 g/mol. The summed E-state index contributed by atoms with van der Waals surface area (Å²) < 4.78 is 13.0. The standard InChI is InChI=1S/C27H33N7O6/c1-6-33-21(9-16(2)31-33)25-29-12-19(13-30-25)20-10-18(24(28)35)11-22(23(20)34(37)38)39-8-7-17-14-32(15-17)26(36)40-27(3,4)5/h9-13,17H,6-8,14-15H2,1-5H3,(H2,28,35). The number of nitro groups is 1. The second kappa shape index (κ2) is 11.3. The molecule has 1 aliphatic rings. The smallest absolute Gasteiger partial charge is 0.410 e. The Bertz CT molecular complexity index is 1420. The van der Waals surface area contributed by atoms with E-state index in [1.54, 1.807) is 30.4 Å². The number of aromatic nitrogens is 4. The summed E-state index contributed by atoms with van der Waals surface area (Å²) in [5.74, 6) is -0.264. The first-order chi connectivity index (χ1) is 18.9. The molecule has 40 heavy (non-hydrogen) atoms. The molecule has 0 saturated carbocycles. The number of nitro benzene ring substituents is 1. The van der Waals surface area contributed by atoms with Gasteiger partial charge in [-0.05, 0) is 59.1 Å². The number of likely N-dealkylation sites (tertiary alicyclic amines) is 1. The average molecular weight is 552 g/mol. The van der Waals surface area contributed by atoms with Crippen molar-refractivity contribution in [3.63, 3.8) is 0 Å². The molecule has 0 spiro atoms. The molecule has 1 fully saturated rings. The highest BCUT2D eigenvalue weighted by Crippen LogP contribution is 2.39. The van der Waals surface area contributed by atoms with Crippen molar-refractivity contribution in [2.24, 2.45) is 11.7 Å². The zero-order valence-electron chi connectivity index (χ0n) is 23.2. The topological polar surface area (TPSA) is 169 Å². The molecule has 2 aromatic heterocycles. The minimum Gasteiger partial charge on any atom is -0.487 e. The predicted octanol–water partition coefficient (Wildman–Crippen LogP) is 3.98. The number of ether oxygens (including phenoxy) is 2. The highest BCUT2D eigenvalue weighted by molar-refractivity contribution is 5.96. The number of primary amides is 1. The van der Waals surface area contributed by atoms with Crippen molar-refractivity contribution < 1.29 is 24.0 Å². The Kier molecular flexibility index (Phi) is 8.03. The van der Waals surface area contributed by atoms with Crippen molar-refractivity contribution in [3.05, 3.63) is 52.0 Å². The highest BCUT2D eigenvalue weighted by atomic mass is 16.6. The van der Waals surface area contributed by atoms with Gasteiger partial charge in [0.2, 0.25) is 5.91 Å². The van der Waals surface area contributed by atoms with E-state index >= 15 is 0 Å². The molecule has 1 saturated heterocycles. The zero-order valence-corrected chi connectivity index (χ0v) is 23.2.